The van der Waals surface area contributed by atoms with Gasteiger partial charge in [-0.15, -0.1) is 0 Å². The van der Waals surface area contributed by atoms with E-state index in [1.54, 1.807) is 21.2 Å². The number of aromatic nitrogens is 6. The maximum Gasteiger partial charge on any atom is 0.407 e. The molecule has 2 atom stereocenters. The molecular formula is C61H83ClN14O8. The van der Waals surface area contributed by atoms with Crippen LogP contribution in [-0.2, 0) is 19.1 Å². The van der Waals surface area contributed by atoms with E-state index < -0.39 is 17.3 Å². The number of hydrogen-bond acceptors (Lipinski definition) is 14. The average molecular weight is 1180 g/mol. The Bertz CT molecular complexity index is 3350. The maximum atomic E-state index is 13.9. The van der Waals surface area contributed by atoms with Gasteiger partial charge < -0.3 is 50.8 Å². The molecule has 5 N–H and O–H groups in total. The zero-order valence-corrected chi connectivity index (χ0v) is 50.5. The first-order valence-electron chi connectivity index (χ1n) is 28.4. The van der Waals surface area contributed by atoms with Crippen LogP contribution in [0, 0.1) is 27.7 Å². The summed E-state index contributed by atoms with van der Waals surface area (Å²) in [5.41, 5.74) is 7.77. The zero-order valence-electron chi connectivity index (χ0n) is 49.7. The number of aryl methyl sites for hydroxylation is 4. The van der Waals surface area contributed by atoms with Crippen LogP contribution in [0.3, 0.4) is 0 Å². The standard InChI is InChI=1S/C30H39N7O4.C22H24ClN5O2.C8H16N2O2.CH4/c1-18-10-11-23(31-20(3)38)22(13-18)28(39)36-12-8-7-9-25(36)24-14-26-33-27(19(2)15-37(26)34-24)35-16-21(17-35)32-29(40)41-30(4,5)6;1-13-7-8-17(24-15(3)29)16(10-13)22(30)27-9-5-4-6-19(27)18-11-20-25-21(23)14(2)12-28(20)26-18;1-8(2,3)12-7(11)10-6-4-9-5-6;/h10-11,13-15,21,25H,7-9,12,16-17H2,1-6H3,(H,31,38)(H,32,40);7-8,10-12,19H,4-6,9H2,1-3H3,(H,24,29);6,9H,4-5H2,1-3H3,(H,10,11);1H4/t25-;19-;;/m00../s1. The number of nitrogens with one attached hydrogen (secondary N) is 5. The Balaban J connectivity index is 0.000000205. The predicted molar refractivity (Wildman–Crippen MR) is 325 cm³/mol. The summed E-state index contributed by atoms with van der Waals surface area (Å²) in [6.45, 7) is 25.9. The quantitative estimate of drug-likeness (QED) is 0.0846. The van der Waals surface area contributed by atoms with E-state index in [2.05, 4.69) is 41.6 Å². The minimum Gasteiger partial charge on any atom is -0.444 e. The molecule has 0 spiro atoms. The van der Waals surface area contributed by atoms with Gasteiger partial charge >= 0.3 is 12.2 Å². The number of alkyl carbamates (subject to hydrolysis) is 2. The van der Waals surface area contributed by atoms with Crippen molar-refractivity contribution < 1.29 is 38.2 Å². The van der Waals surface area contributed by atoms with E-state index >= 15 is 0 Å². The average Bonchev–Trinajstić information content (AvgIpc) is 3.47. The number of halogens is 1. The molecule has 0 radical (unpaired) electrons. The zero-order chi connectivity index (χ0) is 60.1. The fourth-order valence-corrected chi connectivity index (χ4v) is 10.4. The number of fused-ring (bicyclic) bond motifs is 2. The van der Waals surface area contributed by atoms with Gasteiger partial charge in [0.25, 0.3) is 11.8 Å². The highest BCUT2D eigenvalue weighted by molar-refractivity contribution is 6.30. The number of ether oxygens (including phenoxy) is 2. The minimum absolute atomic E-state index is 0. The van der Waals surface area contributed by atoms with Crippen LogP contribution in [0.5, 0.6) is 0 Å². The fraction of sp³-hybridized carbons (Fsp3) is 0.508. The van der Waals surface area contributed by atoms with Crippen molar-refractivity contribution in [1.82, 2.24) is 54.9 Å². The molecule has 23 heteroatoms. The van der Waals surface area contributed by atoms with Gasteiger partial charge in [0.15, 0.2) is 11.3 Å². The molecule has 8 heterocycles. The molecule has 22 nitrogen and oxygen atoms in total. The van der Waals surface area contributed by atoms with Gasteiger partial charge in [-0.2, -0.15) is 10.2 Å². The van der Waals surface area contributed by atoms with Crippen molar-refractivity contribution >= 4 is 75.9 Å². The highest BCUT2D eigenvalue weighted by Gasteiger charge is 2.36. The van der Waals surface area contributed by atoms with Crippen LogP contribution < -0.4 is 31.5 Å². The second kappa shape index (κ2) is 26.8. The molecule has 4 fully saturated rings. The van der Waals surface area contributed by atoms with E-state index in [1.807, 2.05) is 128 Å². The first kappa shape index (κ1) is 63.7. The molecule has 4 aromatic heterocycles. The van der Waals surface area contributed by atoms with Crippen LogP contribution in [0.25, 0.3) is 11.3 Å². The third-order valence-corrected chi connectivity index (χ3v) is 14.6. The van der Waals surface area contributed by atoms with Gasteiger partial charge in [0, 0.05) is 88.8 Å². The van der Waals surface area contributed by atoms with Crippen molar-refractivity contribution in [2.45, 2.75) is 164 Å². The molecule has 6 aromatic rings. The second-order valence-electron chi connectivity index (χ2n) is 23.9. The summed E-state index contributed by atoms with van der Waals surface area (Å²) in [7, 11) is 0. The summed E-state index contributed by atoms with van der Waals surface area (Å²) in [5, 5.41) is 24.3. The van der Waals surface area contributed by atoms with E-state index in [1.165, 1.54) is 13.8 Å². The van der Waals surface area contributed by atoms with Gasteiger partial charge in [0.2, 0.25) is 11.8 Å². The summed E-state index contributed by atoms with van der Waals surface area (Å²) in [5.74, 6) is 0.202. The maximum absolute atomic E-state index is 13.9. The fourth-order valence-electron chi connectivity index (χ4n) is 10.3. The molecule has 6 amide bonds. The predicted octanol–water partition coefficient (Wildman–Crippen LogP) is 9.83. The molecule has 2 aromatic carbocycles. The van der Waals surface area contributed by atoms with Crippen molar-refractivity contribution in [3.63, 3.8) is 0 Å². The molecule has 0 saturated carbocycles. The van der Waals surface area contributed by atoms with E-state index in [0.717, 1.165) is 91.1 Å². The molecule has 10 rings (SSSR count). The summed E-state index contributed by atoms with van der Waals surface area (Å²) in [6, 6.07) is 14.7. The topological polar surface area (TPSA) is 251 Å². The van der Waals surface area contributed by atoms with Gasteiger partial charge in [0.05, 0.1) is 58.1 Å². The third-order valence-electron chi connectivity index (χ3n) is 14.3. The number of anilines is 3. The minimum atomic E-state index is -0.539. The number of benzene rings is 2. The number of carbonyl (C=O) groups is 6. The molecule has 4 saturated heterocycles. The van der Waals surface area contributed by atoms with E-state index in [4.69, 9.17) is 31.2 Å². The number of carbonyl (C=O) groups excluding carboxylic acids is 6. The molecule has 4 aliphatic rings. The summed E-state index contributed by atoms with van der Waals surface area (Å²) < 4.78 is 13.9. The highest BCUT2D eigenvalue weighted by atomic mass is 35.5. The van der Waals surface area contributed by atoms with Crippen LogP contribution in [0.1, 0.15) is 168 Å². The Morgan fingerprint density at radius 2 is 1.05 bits per heavy atom. The van der Waals surface area contributed by atoms with Gasteiger partial charge in [-0.1, -0.05) is 42.3 Å². The van der Waals surface area contributed by atoms with Gasteiger partial charge in [-0.05, 0) is 132 Å². The van der Waals surface area contributed by atoms with Crippen LogP contribution in [-0.4, -0.2) is 137 Å². The number of rotatable bonds is 9. The first-order valence-corrected chi connectivity index (χ1v) is 28.8. The lowest BCUT2D eigenvalue weighted by Gasteiger charge is -2.41. The van der Waals surface area contributed by atoms with Crippen molar-refractivity contribution in [2.75, 3.05) is 54.8 Å². The van der Waals surface area contributed by atoms with Crippen molar-refractivity contribution in [2.24, 2.45) is 0 Å². The van der Waals surface area contributed by atoms with Crippen molar-refractivity contribution in [3.05, 3.63) is 111 Å². The van der Waals surface area contributed by atoms with Crippen LogP contribution >= 0.6 is 11.6 Å². The van der Waals surface area contributed by atoms with Crippen molar-refractivity contribution in [1.29, 1.82) is 0 Å². The lowest BCUT2D eigenvalue weighted by Crippen LogP contribution is -2.60. The lowest BCUT2D eigenvalue weighted by atomic mass is 9.97. The lowest BCUT2D eigenvalue weighted by molar-refractivity contribution is -0.115. The summed E-state index contributed by atoms with van der Waals surface area (Å²) in [4.78, 5) is 89.2. The molecule has 4 aliphatic heterocycles. The monoisotopic (exact) mass is 1170 g/mol. The first-order chi connectivity index (χ1) is 39.2. The summed E-state index contributed by atoms with van der Waals surface area (Å²) >= 11 is 6.16. The largest absolute Gasteiger partial charge is 0.444 e. The van der Waals surface area contributed by atoms with E-state index in [-0.39, 0.29) is 61.3 Å². The number of amides is 6. The van der Waals surface area contributed by atoms with Crippen LogP contribution in [0.2, 0.25) is 5.15 Å². The SMILES string of the molecule is C.CC(=O)Nc1ccc(C)cc1C(=O)N1CCCC[C@H]1c1cc2nc(Cl)c(C)cn2n1.CC(=O)Nc1ccc(C)cc1C(=O)N1CCCC[C@H]1c1cc2nc(N3CC(NC(=O)OC(C)(C)C)C3)c(C)cn2n1.CC(C)(C)OC(=O)NC1CNC1. The third kappa shape index (κ3) is 16.3. The van der Waals surface area contributed by atoms with E-state index in [9.17, 15) is 28.8 Å². The van der Waals surface area contributed by atoms with Crippen molar-refractivity contribution in [3.8, 4) is 0 Å². The second-order valence-corrected chi connectivity index (χ2v) is 24.3. The van der Waals surface area contributed by atoms with Crippen LogP contribution in [0.15, 0.2) is 60.9 Å². The Hall–Kier alpha value is -7.85. The molecule has 452 valence electrons. The Kier molecular flexibility index (Phi) is 20.3. The molecule has 0 unspecified atom stereocenters. The van der Waals surface area contributed by atoms with Crippen LogP contribution in [0.4, 0.5) is 26.8 Å². The van der Waals surface area contributed by atoms with E-state index in [0.29, 0.717) is 65.1 Å². The number of piperidine rings is 2. The Labute approximate surface area is 497 Å². The Morgan fingerprint density at radius 1 is 0.607 bits per heavy atom. The summed E-state index contributed by atoms with van der Waals surface area (Å²) in [6.07, 6.45) is 8.54. The van der Waals surface area contributed by atoms with Gasteiger partial charge in [0.1, 0.15) is 22.2 Å². The molecule has 84 heavy (non-hydrogen) atoms. The number of likely N-dealkylation sites (tertiary alicyclic amines) is 2. The van der Waals surface area contributed by atoms with Gasteiger partial charge in [-0.25, -0.2) is 28.6 Å². The molecular weight excluding hydrogens is 1090 g/mol. The normalized spacial score (nSPS) is 17.2. The molecule has 0 aliphatic carbocycles. The number of hydrogen-bond donors (Lipinski definition) is 5. The smallest absolute Gasteiger partial charge is 0.407 e. The molecule has 0 bridgehead atoms. The Morgan fingerprint density at radius 3 is 1.48 bits per heavy atom. The highest BCUT2D eigenvalue weighted by Crippen LogP contribution is 2.36. The van der Waals surface area contributed by atoms with Gasteiger partial charge in [-0.3, -0.25) is 19.2 Å². The number of nitrogens with zero attached hydrogens (tertiary/aromatic N) is 9.